The van der Waals surface area contributed by atoms with Crippen molar-refractivity contribution in [2.24, 2.45) is 0 Å². The Labute approximate surface area is 110 Å². The maximum Gasteiger partial charge on any atom is 0.180 e. The maximum atomic E-state index is 5.57. The van der Waals surface area contributed by atoms with Gasteiger partial charge in [-0.15, -0.1) is 11.3 Å². The molecule has 2 aromatic heterocycles. The molecule has 2 heterocycles. The van der Waals surface area contributed by atoms with Gasteiger partial charge < -0.3 is 16.4 Å². The van der Waals surface area contributed by atoms with E-state index in [9.17, 15) is 0 Å². The largest absolute Gasteiger partial charge is 0.375 e. The average Bonchev–Trinajstić information content (AvgIpc) is 2.72. The second-order valence-electron chi connectivity index (χ2n) is 4.12. The smallest absolute Gasteiger partial charge is 0.180 e. The van der Waals surface area contributed by atoms with Crippen molar-refractivity contribution < 1.29 is 0 Å². The maximum absolute atomic E-state index is 5.57. The molecule has 0 saturated carbocycles. The Balaban J connectivity index is 1.96. The minimum absolute atomic E-state index is 0.339. The summed E-state index contributed by atoms with van der Waals surface area (Å²) in [6.07, 6.45) is 1.53. The Hall–Kier alpha value is -1.89. The summed E-state index contributed by atoms with van der Waals surface area (Å²) in [4.78, 5) is 12.5. The summed E-state index contributed by atoms with van der Waals surface area (Å²) < 4.78 is 0. The highest BCUT2D eigenvalue weighted by Gasteiger charge is 2.02. The second kappa shape index (κ2) is 5.63. The number of rotatable bonds is 5. The fourth-order valence-electron chi connectivity index (χ4n) is 1.41. The molecule has 18 heavy (non-hydrogen) atoms. The molecule has 0 radical (unpaired) electrons. The van der Waals surface area contributed by atoms with Crippen molar-refractivity contribution in [1.82, 2.24) is 15.0 Å². The Morgan fingerprint density at radius 2 is 2.11 bits per heavy atom. The van der Waals surface area contributed by atoms with E-state index in [1.54, 1.807) is 0 Å². The van der Waals surface area contributed by atoms with Gasteiger partial charge in [0.15, 0.2) is 5.13 Å². The van der Waals surface area contributed by atoms with Gasteiger partial charge in [-0.25, -0.2) is 15.0 Å². The summed E-state index contributed by atoms with van der Waals surface area (Å²) in [5, 5.41) is 8.92. The van der Waals surface area contributed by atoms with E-state index in [-0.39, 0.29) is 0 Å². The number of nitrogens with zero attached hydrogens (tertiary/aromatic N) is 3. The van der Waals surface area contributed by atoms with E-state index >= 15 is 0 Å². The highest BCUT2D eigenvalue weighted by atomic mass is 32.1. The van der Waals surface area contributed by atoms with E-state index in [0.29, 0.717) is 17.7 Å². The third-order valence-electron chi connectivity index (χ3n) is 2.12. The number of nitrogens with two attached hydrogens (primary N) is 1. The SMILES string of the molecule is CC(C)Nc1cc(NCc2csc(N)n2)ncn1. The fraction of sp³-hybridized carbons (Fsp3) is 0.364. The van der Waals surface area contributed by atoms with Crippen molar-refractivity contribution in [3.63, 3.8) is 0 Å². The lowest BCUT2D eigenvalue weighted by atomic mass is 10.4. The highest BCUT2D eigenvalue weighted by molar-refractivity contribution is 7.13. The number of anilines is 3. The molecular weight excluding hydrogens is 248 g/mol. The van der Waals surface area contributed by atoms with Gasteiger partial charge in [0.1, 0.15) is 18.0 Å². The first-order chi connectivity index (χ1) is 8.63. The lowest BCUT2D eigenvalue weighted by molar-refractivity contribution is 0.885. The minimum atomic E-state index is 0.339. The van der Waals surface area contributed by atoms with Crippen LogP contribution in [0.2, 0.25) is 0 Å². The summed E-state index contributed by atoms with van der Waals surface area (Å²) in [5.74, 6) is 1.57. The van der Waals surface area contributed by atoms with Crippen LogP contribution in [0.5, 0.6) is 0 Å². The normalized spacial score (nSPS) is 10.6. The van der Waals surface area contributed by atoms with E-state index in [0.717, 1.165) is 17.3 Å². The third-order valence-corrected chi connectivity index (χ3v) is 2.85. The molecule has 0 aliphatic rings. The zero-order valence-electron chi connectivity index (χ0n) is 10.3. The molecule has 0 saturated heterocycles. The molecule has 0 amide bonds. The summed E-state index contributed by atoms with van der Waals surface area (Å²) >= 11 is 1.43. The van der Waals surface area contributed by atoms with Crippen molar-refractivity contribution in [3.8, 4) is 0 Å². The molecule has 7 heteroatoms. The Morgan fingerprint density at radius 1 is 1.33 bits per heavy atom. The standard InChI is InChI=1S/C11H16N6S/c1-7(2)16-10-3-9(14-6-15-10)13-4-8-5-18-11(12)17-8/h3,5-7H,4H2,1-2H3,(H2,12,17)(H2,13,14,15,16). The molecule has 6 nitrogen and oxygen atoms in total. The molecule has 96 valence electrons. The fourth-order valence-corrected chi connectivity index (χ4v) is 1.98. The van der Waals surface area contributed by atoms with Crippen LogP contribution in [0.25, 0.3) is 0 Å². The predicted molar refractivity (Wildman–Crippen MR) is 74.6 cm³/mol. The van der Waals surface area contributed by atoms with E-state index in [1.807, 2.05) is 11.4 Å². The zero-order valence-corrected chi connectivity index (χ0v) is 11.2. The highest BCUT2D eigenvalue weighted by Crippen LogP contribution is 2.14. The van der Waals surface area contributed by atoms with E-state index in [1.165, 1.54) is 17.7 Å². The lowest BCUT2D eigenvalue weighted by Gasteiger charge is -2.10. The van der Waals surface area contributed by atoms with Crippen LogP contribution in [0, 0.1) is 0 Å². The molecule has 2 aromatic rings. The van der Waals surface area contributed by atoms with Gasteiger partial charge in [-0.3, -0.25) is 0 Å². The molecule has 2 rings (SSSR count). The molecule has 0 fully saturated rings. The zero-order chi connectivity index (χ0) is 13.0. The van der Waals surface area contributed by atoms with Crippen molar-refractivity contribution in [3.05, 3.63) is 23.5 Å². The molecule has 0 aliphatic heterocycles. The van der Waals surface area contributed by atoms with Gasteiger partial charge >= 0.3 is 0 Å². The van der Waals surface area contributed by atoms with Gasteiger partial charge in [-0.2, -0.15) is 0 Å². The molecule has 0 spiro atoms. The van der Waals surface area contributed by atoms with Crippen LogP contribution in [0.1, 0.15) is 19.5 Å². The Bertz CT molecular complexity index is 510. The van der Waals surface area contributed by atoms with Crippen molar-refractivity contribution in [1.29, 1.82) is 0 Å². The topological polar surface area (TPSA) is 88.8 Å². The molecule has 0 aromatic carbocycles. The molecule has 0 atom stereocenters. The van der Waals surface area contributed by atoms with Crippen LogP contribution >= 0.6 is 11.3 Å². The quantitative estimate of drug-likeness (QED) is 0.765. The van der Waals surface area contributed by atoms with E-state index in [4.69, 9.17) is 5.73 Å². The monoisotopic (exact) mass is 264 g/mol. The molecule has 0 bridgehead atoms. The number of nitrogens with one attached hydrogen (secondary N) is 2. The van der Waals surface area contributed by atoms with Crippen LogP contribution in [-0.4, -0.2) is 21.0 Å². The number of thiazole rings is 1. The van der Waals surface area contributed by atoms with Crippen molar-refractivity contribution >= 4 is 28.1 Å². The number of nitrogen functional groups attached to an aromatic ring is 1. The average molecular weight is 264 g/mol. The lowest BCUT2D eigenvalue weighted by Crippen LogP contribution is -2.11. The molecule has 0 aliphatic carbocycles. The van der Waals surface area contributed by atoms with Gasteiger partial charge in [0.2, 0.25) is 0 Å². The summed E-state index contributed by atoms with van der Waals surface area (Å²) in [7, 11) is 0. The molecular formula is C11H16N6S. The van der Waals surface area contributed by atoms with Gasteiger partial charge in [0, 0.05) is 17.5 Å². The van der Waals surface area contributed by atoms with Crippen LogP contribution in [-0.2, 0) is 6.54 Å². The predicted octanol–water partition coefficient (Wildman–Crippen LogP) is 1.95. The van der Waals surface area contributed by atoms with Crippen LogP contribution in [0.15, 0.2) is 17.8 Å². The van der Waals surface area contributed by atoms with Crippen LogP contribution in [0.4, 0.5) is 16.8 Å². The molecule has 4 N–H and O–H groups in total. The Kier molecular flexibility index (Phi) is 3.93. The van der Waals surface area contributed by atoms with Crippen molar-refractivity contribution in [2.45, 2.75) is 26.4 Å². The third kappa shape index (κ3) is 3.56. The first-order valence-electron chi connectivity index (χ1n) is 5.66. The van der Waals surface area contributed by atoms with Crippen LogP contribution in [0.3, 0.4) is 0 Å². The first kappa shape index (κ1) is 12.6. The van der Waals surface area contributed by atoms with Crippen LogP contribution < -0.4 is 16.4 Å². The summed E-state index contributed by atoms with van der Waals surface area (Å²) in [6, 6.07) is 2.21. The first-order valence-corrected chi connectivity index (χ1v) is 6.54. The van der Waals surface area contributed by atoms with Gasteiger partial charge in [-0.05, 0) is 13.8 Å². The second-order valence-corrected chi connectivity index (χ2v) is 5.01. The Morgan fingerprint density at radius 3 is 2.78 bits per heavy atom. The van der Waals surface area contributed by atoms with Gasteiger partial charge in [0.05, 0.1) is 12.2 Å². The van der Waals surface area contributed by atoms with Gasteiger partial charge in [-0.1, -0.05) is 0 Å². The van der Waals surface area contributed by atoms with E-state index < -0.39 is 0 Å². The summed E-state index contributed by atoms with van der Waals surface area (Å²) in [6.45, 7) is 4.73. The minimum Gasteiger partial charge on any atom is -0.375 e. The number of hydrogen-bond acceptors (Lipinski definition) is 7. The van der Waals surface area contributed by atoms with E-state index in [2.05, 4.69) is 39.4 Å². The number of hydrogen-bond donors (Lipinski definition) is 3. The van der Waals surface area contributed by atoms with Gasteiger partial charge in [0.25, 0.3) is 0 Å². The van der Waals surface area contributed by atoms with Crippen molar-refractivity contribution in [2.75, 3.05) is 16.4 Å². The molecule has 0 unspecified atom stereocenters. The number of aromatic nitrogens is 3. The summed E-state index contributed by atoms with van der Waals surface area (Å²) in [5.41, 5.74) is 6.48.